The fourth-order valence-corrected chi connectivity index (χ4v) is 1.99. The minimum Gasteiger partial charge on any atom is -0.496 e. The smallest absolute Gasteiger partial charge is 0.269 e. The van der Waals surface area contributed by atoms with Crippen LogP contribution in [0.3, 0.4) is 0 Å². The summed E-state index contributed by atoms with van der Waals surface area (Å²) in [6.45, 7) is 3.72. The average molecular weight is 332 g/mol. The summed E-state index contributed by atoms with van der Waals surface area (Å²) in [5.74, 6) is 0.873. The second-order valence-electron chi connectivity index (χ2n) is 4.87. The Bertz CT molecular complexity index is 862. The number of nitrogens with one attached hydrogen (secondary N) is 2. The molecule has 0 aliphatic heterocycles. The van der Waals surface area contributed by atoms with Crippen molar-refractivity contribution in [2.45, 2.75) is 20.4 Å². The molecule has 0 spiro atoms. The molecule has 8 heteroatoms. The summed E-state index contributed by atoms with van der Waals surface area (Å²) in [5.41, 5.74) is 6.75. The molecule has 0 saturated carbocycles. The highest BCUT2D eigenvalue weighted by molar-refractivity contribution is 5.41. The molecular weight excluding hydrogens is 312 g/mol. The van der Waals surface area contributed by atoms with Crippen LogP contribution < -0.4 is 26.3 Å². The predicted octanol–water partition coefficient (Wildman–Crippen LogP) is 0.714. The third-order valence-electron chi connectivity index (χ3n) is 3.12. The van der Waals surface area contributed by atoms with E-state index in [1.54, 1.807) is 32.0 Å². The van der Waals surface area contributed by atoms with E-state index >= 15 is 0 Å². The maximum Gasteiger partial charge on any atom is 0.269 e. The van der Waals surface area contributed by atoms with Gasteiger partial charge >= 0.3 is 0 Å². The summed E-state index contributed by atoms with van der Waals surface area (Å²) in [5, 5.41) is 8.57. The van der Waals surface area contributed by atoms with Crippen LogP contribution in [0.2, 0.25) is 0 Å². The Morgan fingerprint density at radius 2 is 1.54 bits per heavy atom. The number of aryl methyl sites for hydroxylation is 2. The molecule has 0 aromatic carbocycles. The van der Waals surface area contributed by atoms with Crippen molar-refractivity contribution in [2.24, 2.45) is 5.73 Å². The molecule has 128 valence electrons. The molecule has 0 aliphatic carbocycles. The van der Waals surface area contributed by atoms with Gasteiger partial charge in [0.1, 0.15) is 17.6 Å². The number of rotatable bonds is 3. The highest BCUT2D eigenvalue weighted by atomic mass is 16.5. The van der Waals surface area contributed by atoms with Crippen LogP contribution in [0, 0.1) is 25.2 Å². The Hall–Kier alpha value is -3.05. The number of aromatic nitrogens is 2. The predicted molar refractivity (Wildman–Crippen MR) is 89.3 cm³/mol. The quantitative estimate of drug-likeness (QED) is 0.758. The largest absolute Gasteiger partial charge is 0.496 e. The molecule has 2 aromatic rings. The maximum atomic E-state index is 11.2. The first-order valence-electron chi connectivity index (χ1n) is 7.02. The summed E-state index contributed by atoms with van der Waals surface area (Å²) >= 11 is 0. The Balaban J connectivity index is 0.000000240. The fourth-order valence-electron chi connectivity index (χ4n) is 1.99. The van der Waals surface area contributed by atoms with E-state index in [2.05, 4.69) is 9.97 Å². The molecule has 2 aromatic heterocycles. The standard InChI is InChI=1S/C8H12N2O2.C8H8N2O2/c2*1-5-3-7(12-2)6(4-9)8(11)10-5/h3H,4,9H2,1-2H3,(H,10,11);3H,1-2H3,(H,10,11). The molecule has 0 amide bonds. The van der Waals surface area contributed by atoms with E-state index in [9.17, 15) is 9.59 Å². The first kappa shape index (κ1) is 19.0. The van der Waals surface area contributed by atoms with Gasteiger partial charge in [0.05, 0.1) is 19.8 Å². The van der Waals surface area contributed by atoms with Crippen molar-refractivity contribution < 1.29 is 9.47 Å². The van der Waals surface area contributed by atoms with Crippen molar-refractivity contribution >= 4 is 0 Å². The molecule has 0 radical (unpaired) electrons. The van der Waals surface area contributed by atoms with Gasteiger partial charge in [0.25, 0.3) is 11.1 Å². The Kier molecular flexibility index (Phi) is 6.77. The van der Waals surface area contributed by atoms with Gasteiger partial charge in [-0.25, -0.2) is 0 Å². The lowest BCUT2D eigenvalue weighted by Gasteiger charge is -2.05. The number of nitrogens with zero attached hydrogens (tertiary/aromatic N) is 1. The monoisotopic (exact) mass is 332 g/mol. The minimum atomic E-state index is -0.408. The number of hydrogen-bond acceptors (Lipinski definition) is 6. The lowest BCUT2D eigenvalue weighted by atomic mass is 10.2. The molecule has 2 rings (SSSR count). The number of methoxy groups -OCH3 is 2. The molecule has 2 heterocycles. The van der Waals surface area contributed by atoms with E-state index in [0.717, 1.165) is 5.69 Å². The van der Waals surface area contributed by atoms with Crippen molar-refractivity contribution in [3.8, 4) is 17.6 Å². The number of ether oxygens (including phenoxy) is 2. The molecule has 0 unspecified atom stereocenters. The third kappa shape index (κ3) is 4.47. The molecule has 0 bridgehead atoms. The van der Waals surface area contributed by atoms with Crippen LogP contribution in [-0.2, 0) is 6.54 Å². The van der Waals surface area contributed by atoms with E-state index in [-0.39, 0.29) is 17.7 Å². The zero-order chi connectivity index (χ0) is 18.3. The van der Waals surface area contributed by atoms with Gasteiger partial charge in [0, 0.05) is 24.0 Å². The Morgan fingerprint density at radius 1 is 1.04 bits per heavy atom. The van der Waals surface area contributed by atoms with E-state index in [0.29, 0.717) is 22.8 Å². The van der Waals surface area contributed by atoms with E-state index in [1.807, 2.05) is 0 Å². The lowest BCUT2D eigenvalue weighted by molar-refractivity contribution is 0.408. The van der Waals surface area contributed by atoms with Crippen molar-refractivity contribution in [3.63, 3.8) is 0 Å². The van der Waals surface area contributed by atoms with Crippen LogP contribution in [0.4, 0.5) is 0 Å². The summed E-state index contributed by atoms with van der Waals surface area (Å²) in [7, 11) is 2.95. The van der Waals surface area contributed by atoms with Crippen molar-refractivity contribution in [3.05, 3.63) is 55.4 Å². The number of hydrogen-bond donors (Lipinski definition) is 3. The highest BCUT2D eigenvalue weighted by Gasteiger charge is 2.07. The summed E-state index contributed by atoms with van der Waals surface area (Å²) in [6.07, 6.45) is 0. The molecule has 4 N–H and O–H groups in total. The van der Waals surface area contributed by atoms with Gasteiger partial charge in [0.2, 0.25) is 0 Å². The van der Waals surface area contributed by atoms with E-state index in [1.165, 1.54) is 14.2 Å². The van der Waals surface area contributed by atoms with Crippen LogP contribution in [-0.4, -0.2) is 24.2 Å². The normalized spacial score (nSPS) is 9.50. The van der Waals surface area contributed by atoms with Crippen LogP contribution in [0.15, 0.2) is 21.7 Å². The number of pyridine rings is 2. The van der Waals surface area contributed by atoms with Gasteiger partial charge in [-0.05, 0) is 19.9 Å². The van der Waals surface area contributed by atoms with Crippen LogP contribution >= 0.6 is 0 Å². The van der Waals surface area contributed by atoms with Crippen LogP contribution in [0.5, 0.6) is 11.5 Å². The number of nitrogens with two attached hydrogens (primary N) is 1. The van der Waals surface area contributed by atoms with Gasteiger partial charge in [-0.2, -0.15) is 5.26 Å². The van der Waals surface area contributed by atoms with Gasteiger partial charge in [-0.15, -0.1) is 0 Å². The van der Waals surface area contributed by atoms with Crippen LogP contribution in [0.25, 0.3) is 0 Å². The van der Waals surface area contributed by atoms with Gasteiger partial charge in [-0.3, -0.25) is 9.59 Å². The molecule has 0 aliphatic rings. The molecular formula is C16H20N4O4. The molecule has 24 heavy (non-hydrogen) atoms. The first-order chi connectivity index (χ1) is 11.4. The highest BCUT2D eigenvalue weighted by Crippen LogP contribution is 2.13. The fraction of sp³-hybridized carbons (Fsp3) is 0.312. The topological polar surface area (TPSA) is 134 Å². The summed E-state index contributed by atoms with van der Waals surface area (Å²) in [4.78, 5) is 27.5. The zero-order valence-corrected chi connectivity index (χ0v) is 14.0. The van der Waals surface area contributed by atoms with Gasteiger partial charge in [0.15, 0.2) is 5.56 Å². The second kappa shape index (κ2) is 8.55. The molecule has 0 saturated heterocycles. The zero-order valence-electron chi connectivity index (χ0n) is 14.0. The maximum absolute atomic E-state index is 11.2. The van der Waals surface area contributed by atoms with Crippen molar-refractivity contribution in [1.29, 1.82) is 5.26 Å². The number of aromatic amines is 2. The minimum absolute atomic E-state index is 0.0168. The molecule has 0 fully saturated rings. The van der Waals surface area contributed by atoms with Gasteiger partial charge < -0.3 is 25.2 Å². The number of nitriles is 1. The molecule has 8 nitrogen and oxygen atoms in total. The van der Waals surface area contributed by atoms with E-state index in [4.69, 9.17) is 20.5 Å². The van der Waals surface area contributed by atoms with Gasteiger partial charge in [-0.1, -0.05) is 0 Å². The Labute approximate surface area is 138 Å². The summed E-state index contributed by atoms with van der Waals surface area (Å²) < 4.78 is 9.85. The lowest BCUT2D eigenvalue weighted by Crippen LogP contribution is -2.18. The third-order valence-corrected chi connectivity index (χ3v) is 3.12. The van der Waals surface area contributed by atoms with Crippen LogP contribution in [0.1, 0.15) is 22.5 Å². The van der Waals surface area contributed by atoms with Crippen molar-refractivity contribution in [1.82, 2.24) is 9.97 Å². The Morgan fingerprint density at radius 3 is 2.00 bits per heavy atom. The SMILES string of the molecule is COc1cc(C)[nH]c(=O)c1C#N.COc1cc(C)[nH]c(=O)c1CN. The van der Waals surface area contributed by atoms with Crippen molar-refractivity contribution in [2.75, 3.05) is 14.2 Å². The first-order valence-corrected chi connectivity index (χ1v) is 7.02. The summed E-state index contributed by atoms with van der Waals surface area (Å²) in [6, 6.07) is 5.14. The number of H-pyrrole nitrogens is 2. The second-order valence-corrected chi connectivity index (χ2v) is 4.87. The molecule has 0 atom stereocenters. The van der Waals surface area contributed by atoms with E-state index < -0.39 is 5.56 Å². The average Bonchev–Trinajstić information content (AvgIpc) is 2.54.